The minimum Gasteiger partial charge on any atom is -0.490 e. The Morgan fingerprint density at radius 1 is 1.18 bits per heavy atom. The second-order valence-electron chi connectivity index (χ2n) is 4.16. The van der Waals surface area contributed by atoms with Crippen molar-refractivity contribution in [2.45, 2.75) is 6.10 Å². The number of ether oxygens (including phenoxy) is 1. The summed E-state index contributed by atoms with van der Waals surface area (Å²) in [6, 6.07) is 10.2. The molecule has 0 N–H and O–H groups in total. The topological polar surface area (TPSA) is 12.5 Å². The van der Waals surface area contributed by atoms with Crippen LogP contribution in [0.5, 0.6) is 0 Å². The van der Waals surface area contributed by atoms with Crippen LogP contribution in [-0.4, -0.2) is 25.1 Å². The van der Waals surface area contributed by atoms with Gasteiger partial charge in [0.1, 0.15) is 6.10 Å². The Morgan fingerprint density at radius 3 is 2.65 bits per heavy atom. The summed E-state index contributed by atoms with van der Waals surface area (Å²) in [5.74, 6) is 0. The van der Waals surface area contributed by atoms with Gasteiger partial charge in [-0.3, -0.25) is 0 Å². The molecule has 1 unspecified atom stereocenters. The molecule has 88 valence electrons. The molecule has 1 aromatic rings. The quantitative estimate of drug-likeness (QED) is 0.787. The lowest BCUT2D eigenvalue weighted by molar-refractivity contribution is 0.219. The Bertz CT molecular complexity index is 443. The highest BCUT2D eigenvalue weighted by Gasteiger charge is 2.07. The average Bonchev–Trinajstić information content (AvgIpc) is 2.38. The number of likely N-dealkylation sites (N-methyl/N-ethyl adjacent to an activating group) is 1. The van der Waals surface area contributed by atoms with E-state index in [2.05, 4.69) is 35.3 Å². The fraction of sp³-hybridized carbons (Fsp3) is 0.200. The molecule has 2 heteroatoms. The number of allylic oxidation sites excluding steroid dienone is 1. The molecule has 0 aromatic heterocycles. The third kappa shape index (κ3) is 3.25. The van der Waals surface area contributed by atoms with Gasteiger partial charge in [-0.2, -0.15) is 0 Å². The lowest BCUT2D eigenvalue weighted by Crippen LogP contribution is -2.16. The van der Waals surface area contributed by atoms with Crippen molar-refractivity contribution in [3.05, 3.63) is 66.1 Å². The van der Waals surface area contributed by atoms with Gasteiger partial charge < -0.3 is 9.64 Å². The first-order valence-electron chi connectivity index (χ1n) is 5.70. The predicted molar refractivity (Wildman–Crippen MR) is 71.3 cm³/mol. The van der Waals surface area contributed by atoms with Crippen LogP contribution in [0.25, 0.3) is 6.08 Å². The molecule has 1 atom stereocenters. The summed E-state index contributed by atoms with van der Waals surface area (Å²) in [5, 5.41) is 0. The van der Waals surface area contributed by atoms with Crippen molar-refractivity contribution in [2.24, 2.45) is 0 Å². The second kappa shape index (κ2) is 5.39. The number of hydrogen-bond acceptors (Lipinski definition) is 2. The van der Waals surface area contributed by atoms with Crippen LogP contribution < -0.4 is 0 Å². The molecule has 0 radical (unpaired) electrons. The number of nitrogens with zero attached hydrogens (tertiary/aromatic N) is 1. The lowest BCUT2D eigenvalue weighted by atomic mass is 10.1. The molecular weight excluding hydrogens is 210 g/mol. The number of hydrogen-bond donors (Lipinski definition) is 0. The molecule has 17 heavy (non-hydrogen) atoms. The van der Waals surface area contributed by atoms with Gasteiger partial charge in [0.25, 0.3) is 0 Å². The molecule has 2 rings (SSSR count). The smallest absolute Gasteiger partial charge is 0.137 e. The normalized spacial score (nSPS) is 18.9. The summed E-state index contributed by atoms with van der Waals surface area (Å²) >= 11 is 0. The van der Waals surface area contributed by atoms with Gasteiger partial charge in [0.2, 0.25) is 0 Å². The molecule has 0 amide bonds. The predicted octanol–water partition coefficient (Wildman–Crippen LogP) is 3.06. The minimum atomic E-state index is 0.0117. The molecule has 1 aliphatic rings. The summed E-state index contributed by atoms with van der Waals surface area (Å²) in [6.07, 6.45) is 9.95. The zero-order chi connectivity index (χ0) is 12.1. The molecule has 1 aromatic carbocycles. The van der Waals surface area contributed by atoms with Crippen molar-refractivity contribution in [3.8, 4) is 0 Å². The van der Waals surface area contributed by atoms with E-state index in [1.807, 2.05) is 38.4 Å². The van der Waals surface area contributed by atoms with Gasteiger partial charge in [0, 0.05) is 19.8 Å². The Hall–Kier alpha value is -1.96. The van der Waals surface area contributed by atoms with Crippen molar-refractivity contribution in [3.63, 3.8) is 0 Å². The fourth-order valence-electron chi connectivity index (χ4n) is 1.63. The maximum absolute atomic E-state index is 5.51. The lowest BCUT2D eigenvalue weighted by Gasteiger charge is -2.20. The van der Waals surface area contributed by atoms with E-state index in [-0.39, 0.29) is 6.10 Å². The van der Waals surface area contributed by atoms with Crippen LogP contribution in [0.2, 0.25) is 0 Å². The highest BCUT2D eigenvalue weighted by Crippen LogP contribution is 2.14. The summed E-state index contributed by atoms with van der Waals surface area (Å²) in [4.78, 5) is 2.07. The first-order valence-corrected chi connectivity index (χ1v) is 5.70. The zero-order valence-electron chi connectivity index (χ0n) is 10.2. The van der Waals surface area contributed by atoms with Crippen LogP contribution in [-0.2, 0) is 4.74 Å². The van der Waals surface area contributed by atoms with Gasteiger partial charge >= 0.3 is 0 Å². The van der Waals surface area contributed by atoms with Gasteiger partial charge in [-0.05, 0) is 23.8 Å². The third-order valence-corrected chi connectivity index (χ3v) is 2.60. The highest BCUT2D eigenvalue weighted by atomic mass is 16.5. The van der Waals surface area contributed by atoms with E-state index in [0.29, 0.717) is 0 Å². The SMILES string of the molecule is CN(C)C1=CC(C=Cc2ccccc2)OC=C1. The Labute approximate surface area is 103 Å². The van der Waals surface area contributed by atoms with Crippen molar-refractivity contribution in [1.82, 2.24) is 4.90 Å². The highest BCUT2D eigenvalue weighted by molar-refractivity contribution is 5.50. The van der Waals surface area contributed by atoms with E-state index >= 15 is 0 Å². The number of rotatable bonds is 3. The fourth-order valence-corrected chi connectivity index (χ4v) is 1.63. The van der Waals surface area contributed by atoms with E-state index in [9.17, 15) is 0 Å². The monoisotopic (exact) mass is 227 g/mol. The third-order valence-electron chi connectivity index (χ3n) is 2.60. The van der Waals surface area contributed by atoms with E-state index in [1.54, 1.807) is 6.26 Å². The van der Waals surface area contributed by atoms with Crippen LogP contribution in [0.4, 0.5) is 0 Å². The van der Waals surface area contributed by atoms with E-state index in [0.717, 1.165) is 0 Å². The molecular formula is C15H17NO. The van der Waals surface area contributed by atoms with Crippen LogP contribution in [0, 0.1) is 0 Å². The molecule has 0 saturated carbocycles. The van der Waals surface area contributed by atoms with Crippen molar-refractivity contribution in [1.29, 1.82) is 0 Å². The molecule has 1 aliphatic heterocycles. The summed E-state index contributed by atoms with van der Waals surface area (Å²) in [7, 11) is 4.05. The van der Waals surface area contributed by atoms with Crippen molar-refractivity contribution >= 4 is 6.08 Å². The van der Waals surface area contributed by atoms with Crippen molar-refractivity contribution < 1.29 is 4.74 Å². The largest absolute Gasteiger partial charge is 0.490 e. The summed E-state index contributed by atoms with van der Waals surface area (Å²) < 4.78 is 5.51. The van der Waals surface area contributed by atoms with E-state index in [4.69, 9.17) is 4.74 Å². The standard InChI is InChI=1S/C15H17NO/c1-16(2)14-10-11-17-15(12-14)9-8-13-6-4-3-5-7-13/h3-12,15H,1-2H3. The summed E-state index contributed by atoms with van der Waals surface area (Å²) in [6.45, 7) is 0. The van der Waals surface area contributed by atoms with Crippen LogP contribution >= 0.6 is 0 Å². The molecule has 0 bridgehead atoms. The van der Waals surface area contributed by atoms with Gasteiger partial charge in [-0.25, -0.2) is 0 Å². The Kier molecular flexibility index (Phi) is 3.66. The maximum Gasteiger partial charge on any atom is 0.137 e. The molecule has 1 heterocycles. The zero-order valence-corrected chi connectivity index (χ0v) is 10.2. The first kappa shape index (κ1) is 11.5. The summed E-state index contributed by atoms with van der Waals surface area (Å²) in [5.41, 5.74) is 2.35. The van der Waals surface area contributed by atoms with Crippen LogP contribution in [0.15, 0.2) is 60.5 Å². The van der Waals surface area contributed by atoms with E-state index < -0.39 is 0 Å². The molecule has 0 spiro atoms. The van der Waals surface area contributed by atoms with Crippen molar-refractivity contribution in [2.75, 3.05) is 14.1 Å². The second-order valence-corrected chi connectivity index (χ2v) is 4.16. The molecule has 0 fully saturated rings. The Balaban J connectivity index is 2.05. The first-order chi connectivity index (χ1) is 8.25. The van der Waals surface area contributed by atoms with E-state index in [1.165, 1.54) is 11.3 Å². The Morgan fingerprint density at radius 2 is 1.94 bits per heavy atom. The van der Waals surface area contributed by atoms with Gasteiger partial charge in [0.15, 0.2) is 0 Å². The van der Waals surface area contributed by atoms with Gasteiger partial charge in [-0.1, -0.05) is 36.4 Å². The molecule has 0 aliphatic carbocycles. The van der Waals surface area contributed by atoms with Gasteiger partial charge in [-0.15, -0.1) is 0 Å². The number of benzene rings is 1. The van der Waals surface area contributed by atoms with Gasteiger partial charge in [0.05, 0.1) is 6.26 Å². The average molecular weight is 227 g/mol. The van der Waals surface area contributed by atoms with Crippen LogP contribution in [0.3, 0.4) is 0 Å². The van der Waals surface area contributed by atoms with Crippen LogP contribution in [0.1, 0.15) is 5.56 Å². The minimum absolute atomic E-state index is 0.0117. The molecule has 0 saturated heterocycles. The maximum atomic E-state index is 5.51. The molecule has 2 nitrogen and oxygen atoms in total.